The summed E-state index contributed by atoms with van der Waals surface area (Å²) in [6.45, 7) is 4.73. The van der Waals surface area contributed by atoms with Crippen LogP contribution >= 0.6 is 35.3 Å². The fourth-order valence-corrected chi connectivity index (χ4v) is 2.08. The van der Waals surface area contributed by atoms with Gasteiger partial charge in [0.1, 0.15) is 6.54 Å². The van der Waals surface area contributed by atoms with Crippen molar-refractivity contribution in [1.82, 2.24) is 15.5 Å². The molecule has 1 aromatic heterocycles. The minimum atomic E-state index is -0.0305. The van der Waals surface area contributed by atoms with Gasteiger partial charge in [-0.15, -0.1) is 35.3 Å². The van der Waals surface area contributed by atoms with Gasteiger partial charge in [-0.3, -0.25) is 4.79 Å². The quantitative estimate of drug-likeness (QED) is 0.279. The largest absolute Gasteiger partial charge is 0.380 e. The van der Waals surface area contributed by atoms with E-state index in [4.69, 9.17) is 4.74 Å². The van der Waals surface area contributed by atoms with Gasteiger partial charge in [0.2, 0.25) is 5.91 Å². The van der Waals surface area contributed by atoms with Crippen molar-refractivity contribution >= 4 is 47.2 Å². The number of rotatable bonds is 8. The smallest absolute Gasteiger partial charge is 0.243 e. The number of carbonyl (C=O) groups is 1. The third-order valence-corrected chi connectivity index (χ3v) is 3.50. The summed E-state index contributed by atoms with van der Waals surface area (Å²) in [5, 5.41) is 8.41. The van der Waals surface area contributed by atoms with Crippen LogP contribution in [0.2, 0.25) is 0 Å². The number of ether oxygens (including phenoxy) is 1. The molecule has 0 spiro atoms. The molecule has 1 rings (SSSR count). The zero-order chi connectivity index (χ0) is 15.5. The van der Waals surface area contributed by atoms with E-state index in [0.29, 0.717) is 32.3 Å². The molecule has 1 aromatic rings. The van der Waals surface area contributed by atoms with Gasteiger partial charge in [0, 0.05) is 32.1 Å². The van der Waals surface area contributed by atoms with Crippen LogP contribution in [0.1, 0.15) is 11.8 Å². The summed E-state index contributed by atoms with van der Waals surface area (Å²) in [5.41, 5.74) is 0. The number of carbonyl (C=O) groups excluding carboxylic acids is 1. The molecule has 1 amide bonds. The Kier molecular flexibility index (Phi) is 12.2. The molecule has 0 aliphatic carbocycles. The summed E-state index contributed by atoms with van der Waals surface area (Å²) >= 11 is 1.68. The zero-order valence-electron chi connectivity index (χ0n) is 13.3. The minimum Gasteiger partial charge on any atom is -0.380 e. The van der Waals surface area contributed by atoms with Crippen LogP contribution in [0.5, 0.6) is 0 Å². The first-order chi connectivity index (χ1) is 10.1. The van der Waals surface area contributed by atoms with Crippen molar-refractivity contribution in [1.29, 1.82) is 0 Å². The van der Waals surface area contributed by atoms with E-state index in [1.807, 2.05) is 18.4 Å². The lowest BCUT2D eigenvalue weighted by Crippen LogP contribution is -2.39. The number of likely N-dealkylation sites (N-methyl/N-ethyl adjacent to an activating group) is 1. The van der Waals surface area contributed by atoms with E-state index in [-0.39, 0.29) is 36.4 Å². The third-order valence-electron chi connectivity index (χ3n) is 2.62. The summed E-state index contributed by atoms with van der Waals surface area (Å²) < 4.78 is 5.28. The second-order valence-corrected chi connectivity index (χ2v) is 5.54. The van der Waals surface area contributed by atoms with E-state index in [2.05, 4.69) is 21.7 Å². The average molecular weight is 440 g/mol. The molecule has 0 fully saturated rings. The van der Waals surface area contributed by atoms with E-state index in [0.717, 1.165) is 0 Å². The molecule has 126 valence electrons. The number of aliphatic imine (C=N–C) groups is 1. The van der Waals surface area contributed by atoms with Gasteiger partial charge in [-0.05, 0) is 18.4 Å². The maximum absolute atomic E-state index is 11.6. The number of hydrogen-bond donors (Lipinski definition) is 2. The highest BCUT2D eigenvalue weighted by Crippen LogP contribution is 2.07. The SMILES string of the molecule is CCOCCNC(=NCC(=O)N(C)C)NCc1cccs1.I. The Morgan fingerprint density at radius 2 is 2.18 bits per heavy atom. The highest BCUT2D eigenvalue weighted by atomic mass is 127. The summed E-state index contributed by atoms with van der Waals surface area (Å²) in [6, 6.07) is 4.07. The maximum atomic E-state index is 11.6. The van der Waals surface area contributed by atoms with Crippen LogP contribution in [0, 0.1) is 0 Å². The monoisotopic (exact) mass is 440 g/mol. The van der Waals surface area contributed by atoms with E-state index >= 15 is 0 Å². The number of nitrogens with zero attached hydrogens (tertiary/aromatic N) is 2. The summed E-state index contributed by atoms with van der Waals surface area (Å²) in [6.07, 6.45) is 0. The second-order valence-electron chi connectivity index (χ2n) is 4.51. The molecule has 8 heteroatoms. The highest BCUT2D eigenvalue weighted by molar-refractivity contribution is 14.0. The van der Waals surface area contributed by atoms with Gasteiger partial charge in [-0.25, -0.2) is 4.99 Å². The topological polar surface area (TPSA) is 66.0 Å². The Morgan fingerprint density at radius 3 is 2.77 bits per heavy atom. The van der Waals surface area contributed by atoms with Crippen molar-refractivity contribution in [2.45, 2.75) is 13.5 Å². The third kappa shape index (κ3) is 9.21. The van der Waals surface area contributed by atoms with Crippen molar-refractivity contribution in [3.05, 3.63) is 22.4 Å². The molecule has 0 saturated heterocycles. The van der Waals surface area contributed by atoms with Crippen LogP contribution in [0.15, 0.2) is 22.5 Å². The molecule has 0 aromatic carbocycles. The lowest BCUT2D eigenvalue weighted by Gasteiger charge is -2.13. The van der Waals surface area contributed by atoms with Crippen molar-refractivity contribution in [2.24, 2.45) is 4.99 Å². The predicted octanol–water partition coefficient (Wildman–Crippen LogP) is 1.53. The maximum Gasteiger partial charge on any atom is 0.243 e. The van der Waals surface area contributed by atoms with Gasteiger partial charge in [-0.2, -0.15) is 0 Å². The van der Waals surface area contributed by atoms with Crippen molar-refractivity contribution in [3.8, 4) is 0 Å². The Labute approximate surface area is 153 Å². The van der Waals surface area contributed by atoms with Gasteiger partial charge in [0.25, 0.3) is 0 Å². The molecule has 2 N–H and O–H groups in total. The van der Waals surface area contributed by atoms with Crippen LogP contribution < -0.4 is 10.6 Å². The van der Waals surface area contributed by atoms with Crippen molar-refractivity contribution in [3.63, 3.8) is 0 Å². The van der Waals surface area contributed by atoms with Gasteiger partial charge in [-0.1, -0.05) is 6.07 Å². The molecular formula is C14H25IN4O2S. The first-order valence-electron chi connectivity index (χ1n) is 6.96. The van der Waals surface area contributed by atoms with E-state index in [1.54, 1.807) is 25.4 Å². The molecule has 0 unspecified atom stereocenters. The van der Waals surface area contributed by atoms with E-state index in [1.165, 1.54) is 9.78 Å². The fourth-order valence-electron chi connectivity index (χ4n) is 1.43. The first-order valence-corrected chi connectivity index (χ1v) is 7.84. The normalized spacial score (nSPS) is 10.8. The molecule has 6 nitrogen and oxygen atoms in total. The molecule has 0 radical (unpaired) electrons. The first kappa shape index (κ1) is 21.1. The van der Waals surface area contributed by atoms with Crippen LogP contribution in [-0.2, 0) is 16.1 Å². The molecule has 0 bridgehead atoms. The number of nitrogens with one attached hydrogen (secondary N) is 2. The van der Waals surface area contributed by atoms with E-state index < -0.39 is 0 Å². The van der Waals surface area contributed by atoms with Gasteiger partial charge in [0.15, 0.2) is 5.96 Å². The summed E-state index contributed by atoms with van der Waals surface area (Å²) in [5.74, 6) is 0.593. The Hall–Kier alpha value is -0.870. The van der Waals surface area contributed by atoms with Gasteiger partial charge >= 0.3 is 0 Å². The number of halogens is 1. The number of thiophene rings is 1. The van der Waals surface area contributed by atoms with Crippen LogP contribution in [0.25, 0.3) is 0 Å². The Balaban J connectivity index is 0.00000441. The molecule has 0 atom stereocenters. The molecule has 0 saturated carbocycles. The standard InChI is InChI=1S/C14H24N4O2S.HI/c1-4-20-8-7-15-14(17-11-13(19)18(2)3)16-10-12-6-5-9-21-12;/h5-6,9H,4,7-8,10-11H2,1-3H3,(H2,15,16,17);1H. The van der Waals surface area contributed by atoms with Crippen LogP contribution in [-0.4, -0.2) is 57.2 Å². The van der Waals surface area contributed by atoms with E-state index in [9.17, 15) is 4.79 Å². The number of guanidine groups is 1. The number of hydrogen-bond acceptors (Lipinski definition) is 4. The second kappa shape index (κ2) is 12.7. The minimum absolute atomic E-state index is 0. The van der Waals surface area contributed by atoms with Crippen molar-refractivity contribution < 1.29 is 9.53 Å². The van der Waals surface area contributed by atoms with Crippen LogP contribution in [0.4, 0.5) is 0 Å². The predicted molar refractivity (Wildman–Crippen MR) is 102 cm³/mol. The average Bonchev–Trinajstić information content (AvgIpc) is 2.98. The van der Waals surface area contributed by atoms with Crippen molar-refractivity contribution in [2.75, 3.05) is 40.4 Å². The lowest BCUT2D eigenvalue weighted by atomic mass is 10.4. The Morgan fingerprint density at radius 1 is 1.41 bits per heavy atom. The van der Waals surface area contributed by atoms with Gasteiger partial charge < -0.3 is 20.3 Å². The lowest BCUT2D eigenvalue weighted by molar-refractivity contribution is -0.127. The Bertz CT molecular complexity index is 438. The molecular weight excluding hydrogens is 415 g/mol. The highest BCUT2D eigenvalue weighted by Gasteiger charge is 2.04. The molecule has 0 aliphatic heterocycles. The fraction of sp³-hybridized carbons (Fsp3) is 0.571. The molecule has 22 heavy (non-hydrogen) atoms. The van der Waals surface area contributed by atoms with Crippen LogP contribution in [0.3, 0.4) is 0 Å². The molecule has 1 heterocycles. The summed E-state index contributed by atoms with van der Waals surface area (Å²) in [7, 11) is 3.44. The zero-order valence-corrected chi connectivity index (χ0v) is 16.4. The summed E-state index contributed by atoms with van der Waals surface area (Å²) in [4.78, 5) is 18.6. The molecule has 0 aliphatic rings. The number of amides is 1. The van der Waals surface area contributed by atoms with Gasteiger partial charge in [0.05, 0.1) is 13.2 Å².